The second-order valence-electron chi connectivity index (χ2n) is 5.36. The summed E-state index contributed by atoms with van der Waals surface area (Å²) in [7, 11) is 1.63. The second kappa shape index (κ2) is 7.62. The Bertz CT molecular complexity index is 786. The topological polar surface area (TPSA) is 51.6 Å². The standard InChI is InChI=1S/C20H19NO3/c1-23-18-9-7-17(8-10-18)19-11-16(13-22)12-20(21-19)24-14-15-5-3-2-4-6-15/h2-12,22H,13-14H2,1H3. The van der Waals surface area contributed by atoms with E-state index in [2.05, 4.69) is 4.98 Å². The number of hydrogen-bond acceptors (Lipinski definition) is 4. The van der Waals surface area contributed by atoms with Crippen LogP contribution in [-0.2, 0) is 13.2 Å². The van der Waals surface area contributed by atoms with Crippen LogP contribution in [0.1, 0.15) is 11.1 Å². The number of benzene rings is 2. The molecule has 3 aromatic rings. The van der Waals surface area contributed by atoms with Gasteiger partial charge in [-0.05, 0) is 41.5 Å². The van der Waals surface area contributed by atoms with Crippen molar-refractivity contribution in [3.63, 3.8) is 0 Å². The Morgan fingerprint density at radius 3 is 2.33 bits per heavy atom. The third-order valence-electron chi connectivity index (χ3n) is 3.66. The maximum atomic E-state index is 9.50. The molecular formula is C20H19NO3. The lowest BCUT2D eigenvalue weighted by molar-refractivity contribution is 0.275. The van der Waals surface area contributed by atoms with E-state index < -0.39 is 0 Å². The molecule has 0 atom stereocenters. The summed E-state index contributed by atoms with van der Waals surface area (Å²) in [5, 5.41) is 9.50. The van der Waals surface area contributed by atoms with Gasteiger partial charge in [0.05, 0.1) is 19.4 Å². The molecule has 0 amide bonds. The number of aliphatic hydroxyl groups excluding tert-OH is 1. The van der Waals surface area contributed by atoms with E-state index in [-0.39, 0.29) is 6.61 Å². The van der Waals surface area contributed by atoms with Gasteiger partial charge in [0.2, 0.25) is 5.88 Å². The highest BCUT2D eigenvalue weighted by Gasteiger charge is 2.07. The SMILES string of the molecule is COc1ccc(-c2cc(CO)cc(OCc3ccccc3)n2)cc1. The van der Waals surface area contributed by atoms with Crippen molar-refractivity contribution in [1.29, 1.82) is 0 Å². The van der Waals surface area contributed by atoms with Gasteiger partial charge in [-0.1, -0.05) is 30.3 Å². The van der Waals surface area contributed by atoms with E-state index in [4.69, 9.17) is 9.47 Å². The number of methoxy groups -OCH3 is 1. The molecule has 0 bridgehead atoms. The summed E-state index contributed by atoms with van der Waals surface area (Å²) in [5.41, 5.74) is 3.53. The van der Waals surface area contributed by atoms with E-state index in [1.54, 1.807) is 13.2 Å². The minimum Gasteiger partial charge on any atom is -0.497 e. The molecule has 2 aromatic carbocycles. The lowest BCUT2D eigenvalue weighted by Gasteiger charge is -2.10. The Hall–Kier alpha value is -2.85. The van der Waals surface area contributed by atoms with E-state index in [0.717, 1.165) is 28.1 Å². The zero-order chi connectivity index (χ0) is 16.8. The maximum absolute atomic E-state index is 9.50. The Kier molecular flexibility index (Phi) is 5.08. The molecule has 24 heavy (non-hydrogen) atoms. The average Bonchev–Trinajstić information content (AvgIpc) is 2.67. The normalized spacial score (nSPS) is 10.4. The molecule has 3 rings (SSSR count). The number of rotatable bonds is 6. The summed E-state index contributed by atoms with van der Waals surface area (Å²) in [6.07, 6.45) is 0. The van der Waals surface area contributed by atoms with Crippen LogP contribution >= 0.6 is 0 Å². The quantitative estimate of drug-likeness (QED) is 0.750. The summed E-state index contributed by atoms with van der Waals surface area (Å²) in [6.45, 7) is 0.373. The molecule has 0 unspecified atom stereocenters. The van der Waals surface area contributed by atoms with Crippen LogP contribution in [0.25, 0.3) is 11.3 Å². The van der Waals surface area contributed by atoms with Crippen LogP contribution in [0.2, 0.25) is 0 Å². The van der Waals surface area contributed by atoms with Crippen LogP contribution in [-0.4, -0.2) is 17.2 Å². The molecule has 0 fully saturated rings. The second-order valence-corrected chi connectivity index (χ2v) is 5.36. The maximum Gasteiger partial charge on any atom is 0.214 e. The molecule has 122 valence electrons. The number of pyridine rings is 1. The summed E-state index contributed by atoms with van der Waals surface area (Å²) >= 11 is 0. The van der Waals surface area contributed by atoms with Gasteiger partial charge in [0.25, 0.3) is 0 Å². The molecule has 4 heteroatoms. The highest BCUT2D eigenvalue weighted by Crippen LogP contribution is 2.25. The average molecular weight is 321 g/mol. The number of aliphatic hydroxyl groups is 1. The van der Waals surface area contributed by atoms with E-state index in [1.807, 2.05) is 60.7 Å². The number of aromatic nitrogens is 1. The first-order valence-corrected chi connectivity index (χ1v) is 7.71. The van der Waals surface area contributed by atoms with Crippen molar-refractivity contribution in [1.82, 2.24) is 4.98 Å². The van der Waals surface area contributed by atoms with Crippen molar-refractivity contribution in [2.45, 2.75) is 13.2 Å². The molecule has 0 saturated carbocycles. The van der Waals surface area contributed by atoms with Gasteiger partial charge in [-0.3, -0.25) is 0 Å². The third-order valence-corrected chi connectivity index (χ3v) is 3.66. The fourth-order valence-electron chi connectivity index (χ4n) is 2.37. The zero-order valence-corrected chi connectivity index (χ0v) is 13.5. The largest absolute Gasteiger partial charge is 0.497 e. The molecule has 4 nitrogen and oxygen atoms in total. The lowest BCUT2D eigenvalue weighted by atomic mass is 10.1. The number of ether oxygens (including phenoxy) is 2. The predicted molar refractivity (Wildman–Crippen MR) is 92.9 cm³/mol. The fraction of sp³-hybridized carbons (Fsp3) is 0.150. The van der Waals surface area contributed by atoms with Gasteiger partial charge >= 0.3 is 0 Å². The van der Waals surface area contributed by atoms with Crippen molar-refractivity contribution in [3.05, 3.63) is 77.9 Å². The van der Waals surface area contributed by atoms with Gasteiger partial charge in [-0.25, -0.2) is 4.98 Å². The summed E-state index contributed by atoms with van der Waals surface area (Å²) in [5.74, 6) is 1.29. The highest BCUT2D eigenvalue weighted by atomic mass is 16.5. The van der Waals surface area contributed by atoms with E-state index in [0.29, 0.717) is 12.5 Å². The van der Waals surface area contributed by atoms with Crippen LogP contribution in [0.4, 0.5) is 0 Å². The Morgan fingerprint density at radius 2 is 1.67 bits per heavy atom. The van der Waals surface area contributed by atoms with E-state index in [1.165, 1.54) is 0 Å². The number of hydrogen-bond donors (Lipinski definition) is 1. The molecule has 0 saturated heterocycles. The van der Waals surface area contributed by atoms with Crippen molar-refractivity contribution >= 4 is 0 Å². The fourth-order valence-corrected chi connectivity index (χ4v) is 2.37. The van der Waals surface area contributed by atoms with Gasteiger partial charge in [-0.2, -0.15) is 0 Å². The van der Waals surface area contributed by atoms with Crippen LogP contribution in [0.5, 0.6) is 11.6 Å². The Balaban J connectivity index is 1.84. The van der Waals surface area contributed by atoms with Crippen molar-refractivity contribution < 1.29 is 14.6 Å². The first-order valence-electron chi connectivity index (χ1n) is 7.71. The van der Waals surface area contributed by atoms with Crippen LogP contribution < -0.4 is 9.47 Å². The molecule has 0 spiro atoms. The molecule has 0 aliphatic carbocycles. The van der Waals surface area contributed by atoms with Gasteiger partial charge in [-0.15, -0.1) is 0 Å². The smallest absolute Gasteiger partial charge is 0.214 e. The number of nitrogens with zero attached hydrogens (tertiary/aromatic N) is 1. The minimum atomic E-state index is -0.0621. The third kappa shape index (κ3) is 3.91. The van der Waals surface area contributed by atoms with Crippen molar-refractivity contribution in [2.75, 3.05) is 7.11 Å². The van der Waals surface area contributed by atoms with Crippen molar-refractivity contribution in [2.24, 2.45) is 0 Å². The molecule has 0 aliphatic rings. The van der Waals surface area contributed by atoms with E-state index >= 15 is 0 Å². The molecular weight excluding hydrogens is 302 g/mol. The predicted octanol–water partition coefficient (Wildman–Crippen LogP) is 3.83. The zero-order valence-electron chi connectivity index (χ0n) is 13.5. The molecule has 1 N–H and O–H groups in total. The van der Waals surface area contributed by atoms with Crippen LogP contribution in [0, 0.1) is 0 Å². The summed E-state index contributed by atoms with van der Waals surface area (Å²) < 4.78 is 11.0. The van der Waals surface area contributed by atoms with Gasteiger partial charge in [0.1, 0.15) is 12.4 Å². The molecule has 0 radical (unpaired) electrons. The van der Waals surface area contributed by atoms with Gasteiger partial charge < -0.3 is 14.6 Å². The lowest BCUT2D eigenvalue weighted by Crippen LogP contribution is -1.99. The Morgan fingerprint density at radius 1 is 0.917 bits per heavy atom. The van der Waals surface area contributed by atoms with Crippen molar-refractivity contribution in [3.8, 4) is 22.9 Å². The molecule has 1 heterocycles. The summed E-state index contributed by atoms with van der Waals surface area (Å²) in [4.78, 5) is 4.55. The van der Waals surface area contributed by atoms with Gasteiger partial charge in [0.15, 0.2) is 0 Å². The Labute approximate surface area is 141 Å². The summed E-state index contributed by atoms with van der Waals surface area (Å²) in [6, 6.07) is 21.2. The minimum absolute atomic E-state index is 0.0621. The molecule has 0 aliphatic heterocycles. The first kappa shape index (κ1) is 16.0. The molecule has 1 aromatic heterocycles. The van der Waals surface area contributed by atoms with E-state index in [9.17, 15) is 5.11 Å². The van der Waals surface area contributed by atoms with Crippen LogP contribution in [0.3, 0.4) is 0 Å². The first-order chi connectivity index (χ1) is 11.8. The van der Waals surface area contributed by atoms with Gasteiger partial charge in [0, 0.05) is 11.6 Å². The monoisotopic (exact) mass is 321 g/mol. The van der Waals surface area contributed by atoms with Crippen LogP contribution in [0.15, 0.2) is 66.7 Å². The highest BCUT2D eigenvalue weighted by molar-refractivity contribution is 5.61.